The number of amides is 2. The van der Waals surface area contributed by atoms with E-state index >= 15 is 0 Å². The highest BCUT2D eigenvalue weighted by atomic mass is 32.2. The van der Waals surface area contributed by atoms with Crippen LogP contribution < -0.4 is 10.2 Å². The Labute approximate surface area is 185 Å². The maximum atomic E-state index is 13.7. The third-order valence-corrected chi connectivity index (χ3v) is 5.94. The zero-order valence-electron chi connectivity index (χ0n) is 18.3. The summed E-state index contributed by atoms with van der Waals surface area (Å²) in [5.41, 5.74) is 0.0459. The van der Waals surface area contributed by atoms with Gasteiger partial charge in [-0.3, -0.25) is 19.2 Å². The van der Waals surface area contributed by atoms with E-state index in [1.165, 1.54) is 0 Å². The fraction of sp³-hybridized carbons (Fsp3) is 0.348. The number of nitrogens with zero attached hydrogens (tertiary/aromatic N) is 3. The van der Waals surface area contributed by atoms with Gasteiger partial charge in [-0.2, -0.15) is 5.10 Å². The van der Waals surface area contributed by atoms with Gasteiger partial charge in [0, 0.05) is 22.2 Å². The minimum atomic E-state index is -1.17. The molecule has 7 nitrogen and oxygen atoms in total. The van der Waals surface area contributed by atoms with Gasteiger partial charge in [-0.1, -0.05) is 6.07 Å². The fourth-order valence-corrected chi connectivity index (χ4v) is 4.21. The number of carbonyl (C=O) groups excluding carboxylic acids is 2. The summed E-state index contributed by atoms with van der Waals surface area (Å²) < 4.78 is 7.07. The number of hydrogen-bond donors (Lipinski definition) is 1. The van der Waals surface area contributed by atoms with Crippen molar-refractivity contribution in [3.8, 4) is 11.5 Å². The van der Waals surface area contributed by atoms with E-state index in [1.54, 1.807) is 52.7 Å². The molecule has 2 aromatic heterocycles. The summed E-state index contributed by atoms with van der Waals surface area (Å²) >= 11 is 1.59. The summed E-state index contributed by atoms with van der Waals surface area (Å²) in [5, 5.41) is 7.62. The Morgan fingerprint density at radius 2 is 2.00 bits per heavy atom. The molecule has 1 aromatic carbocycles. The van der Waals surface area contributed by atoms with Crippen molar-refractivity contribution in [1.29, 1.82) is 0 Å². The molecular weight excluding hydrogens is 412 g/mol. The lowest BCUT2D eigenvalue weighted by Crippen LogP contribution is -2.66. The first-order valence-corrected chi connectivity index (χ1v) is 11.3. The predicted octanol–water partition coefficient (Wildman–Crippen LogP) is 4.20. The molecule has 0 bridgehead atoms. The van der Waals surface area contributed by atoms with E-state index in [4.69, 9.17) is 4.42 Å². The molecule has 1 unspecified atom stereocenters. The van der Waals surface area contributed by atoms with Gasteiger partial charge in [0.25, 0.3) is 5.91 Å². The summed E-state index contributed by atoms with van der Waals surface area (Å²) in [6.45, 7) is 7.78. The van der Waals surface area contributed by atoms with Crippen LogP contribution in [0.4, 0.5) is 5.69 Å². The highest BCUT2D eigenvalue weighted by molar-refractivity contribution is 7.98. The highest BCUT2D eigenvalue weighted by Crippen LogP contribution is 2.35. The number of furan rings is 1. The second kappa shape index (κ2) is 7.60. The monoisotopic (exact) mass is 438 g/mol. The molecule has 31 heavy (non-hydrogen) atoms. The van der Waals surface area contributed by atoms with Gasteiger partial charge >= 0.3 is 0 Å². The summed E-state index contributed by atoms with van der Waals surface area (Å²) in [4.78, 5) is 29.8. The van der Waals surface area contributed by atoms with Crippen LogP contribution in [0.2, 0.25) is 0 Å². The van der Waals surface area contributed by atoms with Gasteiger partial charge in [0.1, 0.15) is 16.9 Å². The SMILES string of the molecule is CSc1cccc(N2C(=O)c3cc(-c4ccco4)nn3CC2(C)C(=O)NC(C)(C)C)c1. The summed E-state index contributed by atoms with van der Waals surface area (Å²) in [7, 11) is 0. The number of rotatable bonds is 4. The Kier molecular flexibility index (Phi) is 5.21. The van der Waals surface area contributed by atoms with Gasteiger partial charge in [-0.05, 0) is 64.3 Å². The summed E-state index contributed by atoms with van der Waals surface area (Å²) in [6, 6.07) is 13.0. The minimum Gasteiger partial charge on any atom is -0.463 e. The molecule has 3 heterocycles. The number of nitrogens with one attached hydrogen (secondary N) is 1. The van der Waals surface area contributed by atoms with E-state index in [0.29, 0.717) is 22.8 Å². The molecular formula is C23H26N4O3S. The van der Waals surface area contributed by atoms with Crippen LogP contribution in [0.25, 0.3) is 11.5 Å². The van der Waals surface area contributed by atoms with Crippen molar-refractivity contribution in [3.05, 3.63) is 54.4 Å². The molecule has 4 rings (SSSR count). The second-order valence-corrected chi connectivity index (χ2v) is 9.75. The number of anilines is 1. The molecule has 1 N–H and O–H groups in total. The average Bonchev–Trinajstić information content (AvgIpc) is 3.36. The van der Waals surface area contributed by atoms with Crippen LogP contribution in [-0.2, 0) is 11.3 Å². The number of benzene rings is 1. The normalized spacial score (nSPS) is 18.7. The molecule has 2 amide bonds. The molecule has 0 spiro atoms. The zero-order valence-corrected chi connectivity index (χ0v) is 19.1. The van der Waals surface area contributed by atoms with E-state index in [9.17, 15) is 9.59 Å². The molecule has 0 radical (unpaired) electrons. The standard InChI is InChI=1S/C23H26N4O3S/c1-22(2,3)24-21(29)23(4)14-26-18(13-17(25-26)19-10-7-11-30-19)20(28)27(23)15-8-6-9-16(12-15)31-5/h6-13H,14H2,1-5H3,(H,24,29). The van der Waals surface area contributed by atoms with E-state index in [-0.39, 0.29) is 18.4 Å². The lowest BCUT2D eigenvalue weighted by Gasteiger charge is -2.44. The number of carbonyl (C=O) groups is 2. The van der Waals surface area contributed by atoms with Crippen molar-refractivity contribution in [1.82, 2.24) is 15.1 Å². The number of hydrogen-bond acceptors (Lipinski definition) is 5. The third kappa shape index (κ3) is 3.87. The van der Waals surface area contributed by atoms with Crippen LogP contribution in [0.15, 0.2) is 58.0 Å². The molecule has 1 aliphatic rings. The first kappa shape index (κ1) is 21.2. The average molecular weight is 439 g/mol. The first-order valence-electron chi connectivity index (χ1n) is 10.1. The lowest BCUT2D eigenvalue weighted by atomic mass is 9.92. The lowest BCUT2D eigenvalue weighted by molar-refractivity contribution is -0.128. The van der Waals surface area contributed by atoms with Crippen LogP contribution in [0.5, 0.6) is 0 Å². The Balaban J connectivity index is 1.85. The van der Waals surface area contributed by atoms with Crippen LogP contribution in [0.1, 0.15) is 38.2 Å². The third-order valence-electron chi connectivity index (χ3n) is 5.22. The molecule has 1 aliphatic heterocycles. The van der Waals surface area contributed by atoms with E-state index in [0.717, 1.165) is 4.90 Å². The molecule has 0 fully saturated rings. The van der Waals surface area contributed by atoms with Crippen LogP contribution in [-0.4, -0.2) is 38.9 Å². The molecule has 0 saturated carbocycles. The van der Waals surface area contributed by atoms with Gasteiger partial charge in [-0.25, -0.2) is 0 Å². The van der Waals surface area contributed by atoms with Gasteiger partial charge in [-0.15, -0.1) is 11.8 Å². The fourth-order valence-electron chi connectivity index (χ4n) is 3.76. The Morgan fingerprint density at radius 1 is 1.23 bits per heavy atom. The topological polar surface area (TPSA) is 80.4 Å². The Morgan fingerprint density at radius 3 is 2.65 bits per heavy atom. The zero-order chi connectivity index (χ0) is 22.4. The number of thioether (sulfide) groups is 1. The molecule has 1 atom stereocenters. The van der Waals surface area contributed by atoms with Crippen molar-refractivity contribution in [2.45, 2.75) is 50.2 Å². The largest absolute Gasteiger partial charge is 0.463 e. The maximum absolute atomic E-state index is 13.7. The molecule has 8 heteroatoms. The van der Waals surface area contributed by atoms with Crippen LogP contribution >= 0.6 is 11.8 Å². The highest BCUT2D eigenvalue weighted by Gasteiger charge is 2.49. The predicted molar refractivity (Wildman–Crippen MR) is 121 cm³/mol. The van der Waals surface area contributed by atoms with E-state index in [1.807, 2.05) is 51.3 Å². The van der Waals surface area contributed by atoms with Gasteiger partial charge in [0.2, 0.25) is 5.91 Å². The van der Waals surface area contributed by atoms with Gasteiger partial charge in [0.15, 0.2) is 5.76 Å². The van der Waals surface area contributed by atoms with Crippen LogP contribution in [0.3, 0.4) is 0 Å². The van der Waals surface area contributed by atoms with Crippen molar-refractivity contribution >= 4 is 29.3 Å². The molecule has 3 aromatic rings. The second-order valence-electron chi connectivity index (χ2n) is 8.87. The van der Waals surface area contributed by atoms with Crippen molar-refractivity contribution in [3.63, 3.8) is 0 Å². The Bertz CT molecular complexity index is 1130. The molecule has 0 saturated heterocycles. The smallest absolute Gasteiger partial charge is 0.277 e. The molecule has 162 valence electrons. The minimum absolute atomic E-state index is 0.222. The van der Waals surface area contributed by atoms with Crippen molar-refractivity contribution in [2.75, 3.05) is 11.2 Å². The van der Waals surface area contributed by atoms with Gasteiger partial charge in [0.05, 0.1) is 12.8 Å². The Hall–Kier alpha value is -3.00. The maximum Gasteiger partial charge on any atom is 0.277 e. The first-order chi connectivity index (χ1) is 14.6. The number of aromatic nitrogens is 2. The summed E-state index contributed by atoms with van der Waals surface area (Å²) in [6.07, 6.45) is 3.55. The molecule has 0 aliphatic carbocycles. The quantitative estimate of drug-likeness (QED) is 0.618. The number of fused-ring (bicyclic) bond motifs is 1. The van der Waals surface area contributed by atoms with Crippen molar-refractivity contribution in [2.24, 2.45) is 0 Å². The van der Waals surface area contributed by atoms with E-state index < -0.39 is 11.1 Å². The van der Waals surface area contributed by atoms with E-state index in [2.05, 4.69) is 10.4 Å². The van der Waals surface area contributed by atoms with Crippen molar-refractivity contribution < 1.29 is 14.0 Å². The van der Waals surface area contributed by atoms with Crippen LogP contribution in [0, 0.1) is 0 Å². The van der Waals surface area contributed by atoms with Gasteiger partial charge < -0.3 is 9.73 Å². The summed E-state index contributed by atoms with van der Waals surface area (Å²) in [5.74, 6) is 0.0662.